The van der Waals surface area contributed by atoms with Gasteiger partial charge in [0.05, 0.1) is 5.69 Å². The van der Waals surface area contributed by atoms with Crippen molar-refractivity contribution in [2.75, 3.05) is 5.73 Å². The van der Waals surface area contributed by atoms with Gasteiger partial charge < -0.3 is 5.73 Å². The van der Waals surface area contributed by atoms with Gasteiger partial charge in [-0.15, -0.1) is 11.3 Å². The minimum atomic E-state index is 0.609. The largest absolute Gasteiger partial charge is 0.383 e. The van der Waals surface area contributed by atoms with Gasteiger partial charge in [-0.2, -0.15) is 11.8 Å². The number of nitrogens with zero attached hydrogens (tertiary/aromatic N) is 3. The molecule has 0 unspecified atom stereocenters. The van der Waals surface area contributed by atoms with Gasteiger partial charge in [0, 0.05) is 28.1 Å². The highest BCUT2D eigenvalue weighted by molar-refractivity contribution is 7.98. The number of aromatic nitrogens is 3. The molecule has 0 saturated carbocycles. The fourth-order valence-corrected chi connectivity index (χ4v) is 3.41. The Labute approximate surface area is 101 Å². The van der Waals surface area contributed by atoms with Crippen LogP contribution in [0.25, 0.3) is 10.8 Å². The highest BCUT2D eigenvalue weighted by Gasteiger charge is 2.19. The Bertz CT molecular complexity index is 550. The second kappa shape index (κ2) is 3.71. The molecule has 0 aromatic carbocycles. The normalized spacial score (nSPS) is 14.1. The zero-order valence-electron chi connectivity index (χ0n) is 8.73. The van der Waals surface area contributed by atoms with E-state index in [1.807, 2.05) is 24.1 Å². The molecule has 1 aliphatic heterocycles. The molecule has 0 radical (unpaired) electrons. The standard InChI is InChI=1S/C10H10N4S2/c1-5-2-16-10(12-5)9-13-7-4-15-3-6(7)8(11)14-9/h2H,3-4H2,1H3,(H2,11,13,14). The topological polar surface area (TPSA) is 64.7 Å². The maximum Gasteiger partial charge on any atom is 0.190 e. The summed E-state index contributed by atoms with van der Waals surface area (Å²) >= 11 is 3.38. The van der Waals surface area contributed by atoms with Crippen LogP contribution in [-0.2, 0) is 11.5 Å². The quantitative estimate of drug-likeness (QED) is 0.841. The molecular weight excluding hydrogens is 240 g/mol. The molecule has 16 heavy (non-hydrogen) atoms. The molecule has 3 rings (SSSR count). The fraction of sp³-hybridized carbons (Fsp3) is 0.300. The highest BCUT2D eigenvalue weighted by atomic mass is 32.2. The minimum absolute atomic E-state index is 0.609. The Hall–Kier alpha value is -1.14. The first-order valence-electron chi connectivity index (χ1n) is 4.89. The van der Waals surface area contributed by atoms with Crippen molar-refractivity contribution < 1.29 is 0 Å². The summed E-state index contributed by atoms with van der Waals surface area (Å²) in [6.07, 6.45) is 0. The van der Waals surface area contributed by atoms with Crippen LogP contribution in [0, 0.1) is 6.92 Å². The molecule has 1 aliphatic rings. The summed E-state index contributed by atoms with van der Waals surface area (Å²) in [5, 5.41) is 2.85. The van der Waals surface area contributed by atoms with E-state index < -0.39 is 0 Å². The molecular formula is C10H10N4S2. The van der Waals surface area contributed by atoms with Crippen molar-refractivity contribution in [3.05, 3.63) is 22.3 Å². The van der Waals surface area contributed by atoms with Crippen LogP contribution in [0.1, 0.15) is 17.0 Å². The first kappa shape index (κ1) is 10.0. The number of thiazole rings is 1. The summed E-state index contributed by atoms with van der Waals surface area (Å²) in [7, 11) is 0. The third-order valence-electron chi connectivity index (χ3n) is 2.42. The van der Waals surface area contributed by atoms with E-state index in [4.69, 9.17) is 5.73 Å². The molecule has 0 fully saturated rings. The maximum atomic E-state index is 5.93. The molecule has 0 bridgehead atoms. The highest BCUT2D eigenvalue weighted by Crippen LogP contribution is 2.33. The Morgan fingerprint density at radius 3 is 2.88 bits per heavy atom. The van der Waals surface area contributed by atoms with Crippen molar-refractivity contribution in [1.82, 2.24) is 15.0 Å². The lowest BCUT2D eigenvalue weighted by atomic mass is 10.2. The van der Waals surface area contributed by atoms with Gasteiger partial charge in [0.25, 0.3) is 0 Å². The zero-order chi connectivity index (χ0) is 11.1. The van der Waals surface area contributed by atoms with Crippen LogP contribution < -0.4 is 5.73 Å². The summed E-state index contributed by atoms with van der Waals surface area (Å²) in [6.45, 7) is 1.96. The van der Waals surface area contributed by atoms with Gasteiger partial charge >= 0.3 is 0 Å². The fourth-order valence-electron chi connectivity index (χ4n) is 1.63. The number of anilines is 1. The first-order chi connectivity index (χ1) is 7.74. The summed E-state index contributed by atoms with van der Waals surface area (Å²) in [5.74, 6) is 3.13. The molecule has 0 atom stereocenters. The number of rotatable bonds is 1. The van der Waals surface area contributed by atoms with E-state index in [2.05, 4.69) is 15.0 Å². The Kier molecular flexibility index (Phi) is 2.33. The van der Waals surface area contributed by atoms with E-state index in [0.29, 0.717) is 11.6 Å². The predicted octanol–water partition coefficient (Wildman–Crippen LogP) is 2.24. The number of aryl methyl sites for hydroxylation is 1. The Morgan fingerprint density at radius 2 is 2.12 bits per heavy atom. The first-order valence-corrected chi connectivity index (χ1v) is 6.93. The number of hydrogen-bond donors (Lipinski definition) is 1. The molecule has 0 amide bonds. The van der Waals surface area contributed by atoms with Crippen LogP contribution in [0.15, 0.2) is 5.38 Å². The lowest BCUT2D eigenvalue weighted by molar-refractivity contribution is 1.07. The molecule has 4 nitrogen and oxygen atoms in total. The van der Waals surface area contributed by atoms with Gasteiger partial charge in [-0.1, -0.05) is 0 Å². The van der Waals surface area contributed by atoms with Crippen molar-refractivity contribution in [3.8, 4) is 10.8 Å². The summed E-state index contributed by atoms with van der Waals surface area (Å²) in [6, 6.07) is 0. The molecule has 0 aliphatic carbocycles. The monoisotopic (exact) mass is 250 g/mol. The van der Waals surface area contributed by atoms with Crippen LogP contribution >= 0.6 is 23.1 Å². The van der Waals surface area contributed by atoms with Gasteiger partial charge in [-0.25, -0.2) is 15.0 Å². The lowest BCUT2D eigenvalue weighted by Gasteiger charge is -2.03. The van der Waals surface area contributed by atoms with Crippen molar-refractivity contribution >= 4 is 28.9 Å². The van der Waals surface area contributed by atoms with E-state index in [-0.39, 0.29) is 0 Å². The molecule has 0 saturated heterocycles. The van der Waals surface area contributed by atoms with Crippen molar-refractivity contribution in [2.45, 2.75) is 18.4 Å². The number of thioether (sulfide) groups is 1. The third-order valence-corrected chi connectivity index (χ3v) is 4.35. The molecule has 0 spiro atoms. The Morgan fingerprint density at radius 1 is 1.25 bits per heavy atom. The van der Waals surface area contributed by atoms with E-state index in [1.165, 1.54) is 0 Å². The number of hydrogen-bond acceptors (Lipinski definition) is 6. The van der Waals surface area contributed by atoms with Crippen LogP contribution in [0.5, 0.6) is 0 Å². The molecule has 6 heteroatoms. The molecule has 82 valence electrons. The summed E-state index contributed by atoms with van der Waals surface area (Å²) in [4.78, 5) is 13.2. The lowest BCUT2D eigenvalue weighted by Crippen LogP contribution is -2.02. The van der Waals surface area contributed by atoms with Crippen molar-refractivity contribution in [1.29, 1.82) is 0 Å². The van der Waals surface area contributed by atoms with Crippen LogP contribution in [0.2, 0.25) is 0 Å². The minimum Gasteiger partial charge on any atom is -0.383 e. The summed E-state index contributed by atoms with van der Waals surface area (Å²) in [5.41, 5.74) is 9.10. The molecule has 2 aromatic heterocycles. The number of fused-ring (bicyclic) bond motifs is 1. The van der Waals surface area contributed by atoms with Gasteiger partial charge in [0.2, 0.25) is 0 Å². The SMILES string of the molecule is Cc1csc(-c2nc(N)c3c(n2)CSC3)n1. The second-order valence-electron chi connectivity index (χ2n) is 3.64. The predicted molar refractivity (Wildman–Crippen MR) is 67.3 cm³/mol. The van der Waals surface area contributed by atoms with Crippen LogP contribution in [0.3, 0.4) is 0 Å². The number of nitrogen functional groups attached to an aromatic ring is 1. The van der Waals surface area contributed by atoms with Gasteiger partial charge in [-0.3, -0.25) is 0 Å². The molecule has 3 heterocycles. The van der Waals surface area contributed by atoms with Crippen molar-refractivity contribution in [3.63, 3.8) is 0 Å². The van der Waals surface area contributed by atoms with E-state index >= 15 is 0 Å². The Balaban J connectivity index is 2.12. The van der Waals surface area contributed by atoms with E-state index in [9.17, 15) is 0 Å². The average Bonchev–Trinajstić information content (AvgIpc) is 2.85. The molecule has 2 aromatic rings. The third kappa shape index (κ3) is 1.58. The van der Waals surface area contributed by atoms with Gasteiger partial charge in [-0.05, 0) is 6.92 Å². The van der Waals surface area contributed by atoms with Crippen LogP contribution in [-0.4, -0.2) is 15.0 Å². The maximum absolute atomic E-state index is 5.93. The smallest absolute Gasteiger partial charge is 0.190 e. The second-order valence-corrected chi connectivity index (χ2v) is 5.49. The van der Waals surface area contributed by atoms with E-state index in [1.54, 1.807) is 11.3 Å². The van der Waals surface area contributed by atoms with Crippen LogP contribution in [0.4, 0.5) is 5.82 Å². The average molecular weight is 250 g/mol. The van der Waals surface area contributed by atoms with Gasteiger partial charge in [0.1, 0.15) is 5.82 Å². The summed E-state index contributed by atoms with van der Waals surface area (Å²) < 4.78 is 0. The van der Waals surface area contributed by atoms with E-state index in [0.717, 1.165) is 33.5 Å². The molecule has 2 N–H and O–H groups in total. The zero-order valence-corrected chi connectivity index (χ0v) is 10.4. The van der Waals surface area contributed by atoms with Gasteiger partial charge in [0.15, 0.2) is 10.8 Å². The number of nitrogens with two attached hydrogens (primary N) is 1. The van der Waals surface area contributed by atoms with Crippen molar-refractivity contribution in [2.24, 2.45) is 0 Å².